The van der Waals surface area contributed by atoms with Crippen LogP contribution in [0.3, 0.4) is 0 Å². The zero-order chi connectivity index (χ0) is 32.6. The molecule has 5 nitrogen and oxygen atoms in total. The lowest BCUT2D eigenvalue weighted by atomic mass is 9.73. The molecule has 1 atom stereocenters. The fraction of sp³-hybridized carbons (Fsp3) is 0.0909. The Balaban J connectivity index is 1.46. The van der Waals surface area contributed by atoms with Crippen LogP contribution in [0.25, 0.3) is 32.7 Å². The average molecular weight is 632 g/mol. The number of benzene rings is 5. The first-order chi connectivity index (χ1) is 24.3. The zero-order valence-corrected chi connectivity index (χ0v) is 26.9. The summed E-state index contributed by atoms with van der Waals surface area (Å²) in [5.74, 6) is 1.55. The van der Waals surface area contributed by atoms with Crippen molar-refractivity contribution in [3.63, 3.8) is 0 Å². The van der Waals surface area contributed by atoms with Gasteiger partial charge in [0, 0.05) is 36.4 Å². The Labute approximate surface area is 285 Å². The Hall–Kier alpha value is -6.20. The third kappa shape index (κ3) is 5.11. The van der Waals surface area contributed by atoms with E-state index in [0.29, 0.717) is 11.6 Å². The molecular weight excluding hydrogens is 599 g/mol. The monoisotopic (exact) mass is 631 g/mol. The maximum Gasteiger partial charge on any atom is 0.157 e. The van der Waals surface area contributed by atoms with Crippen molar-refractivity contribution in [1.82, 2.24) is 19.9 Å². The Kier molecular flexibility index (Phi) is 7.35. The van der Waals surface area contributed by atoms with Crippen LogP contribution in [0.5, 0.6) is 0 Å². The van der Waals surface area contributed by atoms with Crippen molar-refractivity contribution in [2.45, 2.75) is 25.2 Å². The van der Waals surface area contributed by atoms with Gasteiger partial charge in [-0.2, -0.15) is 0 Å². The first-order valence-electron chi connectivity index (χ1n) is 16.9. The maximum atomic E-state index is 4.68. The molecule has 7 aromatic rings. The molecule has 2 aromatic heterocycles. The fourth-order valence-electron chi connectivity index (χ4n) is 7.77. The molecule has 0 saturated carbocycles. The van der Waals surface area contributed by atoms with E-state index in [1.54, 1.807) is 37.2 Å². The lowest BCUT2D eigenvalue weighted by Gasteiger charge is -2.30. The van der Waals surface area contributed by atoms with Gasteiger partial charge in [-0.3, -0.25) is 14.9 Å². The Bertz CT molecular complexity index is 2470. The normalized spacial score (nSPS) is 15.7. The molecule has 0 amide bonds. The highest BCUT2D eigenvalue weighted by atomic mass is 15.2. The molecule has 0 bridgehead atoms. The van der Waals surface area contributed by atoms with Gasteiger partial charge >= 0.3 is 0 Å². The molecule has 0 spiro atoms. The summed E-state index contributed by atoms with van der Waals surface area (Å²) >= 11 is 0. The van der Waals surface area contributed by atoms with Gasteiger partial charge in [0.2, 0.25) is 0 Å². The number of rotatable bonds is 6. The first kappa shape index (κ1) is 29.0. The molecule has 0 saturated heterocycles. The van der Waals surface area contributed by atoms with Gasteiger partial charge in [-0.1, -0.05) is 109 Å². The Morgan fingerprint density at radius 2 is 1.29 bits per heavy atom. The van der Waals surface area contributed by atoms with Crippen LogP contribution in [-0.4, -0.2) is 19.9 Å². The van der Waals surface area contributed by atoms with Crippen LogP contribution in [0.15, 0.2) is 164 Å². The molecular formula is C44H33N5. The van der Waals surface area contributed by atoms with E-state index in [4.69, 9.17) is 0 Å². The first-order valence-corrected chi connectivity index (χ1v) is 16.9. The number of aromatic nitrogens is 4. The molecule has 2 heterocycles. The number of nitrogens with zero attached hydrogens (tertiary/aromatic N) is 5. The maximum absolute atomic E-state index is 4.68. The third-order valence-corrected chi connectivity index (χ3v) is 9.84. The Morgan fingerprint density at radius 3 is 1.96 bits per heavy atom. The predicted molar refractivity (Wildman–Crippen MR) is 199 cm³/mol. The lowest BCUT2D eigenvalue weighted by molar-refractivity contribution is 0.858. The van der Waals surface area contributed by atoms with E-state index in [9.17, 15) is 0 Å². The van der Waals surface area contributed by atoms with Crippen molar-refractivity contribution in [3.05, 3.63) is 186 Å². The fourth-order valence-corrected chi connectivity index (χ4v) is 7.77. The molecule has 2 aliphatic carbocycles. The van der Waals surface area contributed by atoms with Gasteiger partial charge in [0.05, 0.1) is 12.4 Å². The predicted octanol–water partition coefficient (Wildman–Crippen LogP) is 8.86. The van der Waals surface area contributed by atoms with Crippen LogP contribution >= 0.6 is 0 Å². The summed E-state index contributed by atoms with van der Waals surface area (Å²) in [6, 6.07) is 37.8. The van der Waals surface area contributed by atoms with Crippen molar-refractivity contribution in [3.8, 4) is 0 Å². The zero-order valence-electron chi connectivity index (χ0n) is 26.9. The third-order valence-electron chi connectivity index (χ3n) is 9.84. The van der Waals surface area contributed by atoms with E-state index in [-0.39, 0.29) is 5.92 Å². The van der Waals surface area contributed by atoms with Crippen LogP contribution in [0.1, 0.15) is 36.3 Å². The van der Waals surface area contributed by atoms with Gasteiger partial charge in [0.15, 0.2) is 11.6 Å². The highest BCUT2D eigenvalue weighted by Gasteiger charge is 2.29. The van der Waals surface area contributed by atoms with Gasteiger partial charge < -0.3 is 0 Å². The summed E-state index contributed by atoms with van der Waals surface area (Å²) in [6.45, 7) is 0. The van der Waals surface area contributed by atoms with Gasteiger partial charge in [-0.05, 0) is 91.2 Å². The molecule has 5 aromatic carbocycles. The Morgan fingerprint density at radius 1 is 0.612 bits per heavy atom. The topological polar surface area (TPSA) is 54.8 Å². The molecule has 0 aliphatic heterocycles. The molecule has 2 aliphatic rings. The quantitative estimate of drug-likeness (QED) is 0.172. The second-order valence-electron chi connectivity index (χ2n) is 12.6. The van der Waals surface area contributed by atoms with E-state index < -0.39 is 0 Å². The van der Waals surface area contributed by atoms with Crippen molar-refractivity contribution < 1.29 is 0 Å². The number of anilines is 3. The van der Waals surface area contributed by atoms with E-state index in [1.807, 2.05) is 4.90 Å². The molecule has 5 heteroatoms. The van der Waals surface area contributed by atoms with Crippen molar-refractivity contribution in [2.24, 2.45) is 0 Å². The summed E-state index contributed by atoms with van der Waals surface area (Å²) < 4.78 is 0. The second kappa shape index (κ2) is 12.4. The minimum atomic E-state index is 0.192. The number of hydrogen-bond donors (Lipinski definition) is 0. The van der Waals surface area contributed by atoms with E-state index in [1.165, 1.54) is 59.8 Å². The summed E-state index contributed by atoms with van der Waals surface area (Å²) in [5.41, 5.74) is 7.81. The highest BCUT2D eigenvalue weighted by Crippen LogP contribution is 2.42. The van der Waals surface area contributed by atoms with Crippen molar-refractivity contribution >= 4 is 50.0 Å². The van der Waals surface area contributed by atoms with Crippen molar-refractivity contribution in [1.29, 1.82) is 0 Å². The molecule has 9 rings (SSSR count). The van der Waals surface area contributed by atoms with Gasteiger partial charge in [0.25, 0.3) is 0 Å². The molecule has 0 N–H and O–H groups in total. The molecule has 234 valence electrons. The summed E-state index contributed by atoms with van der Waals surface area (Å²) in [5, 5.41) is 7.61. The summed E-state index contributed by atoms with van der Waals surface area (Å²) in [4.78, 5) is 20.2. The number of hydrogen-bond acceptors (Lipinski definition) is 5. The smallest absolute Gasteiger partial charge is 0.157 e. The summed E-state index contributed by atoms with van der Waals surface area (Å²) in [6.07, 6.45) is 20.3. The number of allylic oxidation sites excluding steroid dienone is 4. The van der Waals surface area contributed by atoms with Crippen LogP contribution in [-0.2, 0) is 0 Å². The van der Waals surface area contributed by atoms with Crippen LogP contribution in [0.2, 0.25) is 0 Å². The standard InChI is InChI=1S/C44H33N5/c1-4-12-30(13-5-1)37-27-38(31-14-6-2-7-15-31)43-35-19-11-10-18-34(35)39-26-33(20-21-36(39)44(43)42(37)32-16-8-3-9-17-32)49(40-28-45-22-24-47-40)41-29-46-23-25-48-41/h1-6,8-14,16-26,28-29,37H,7,15,27H2. The van der Waals surface area contributed by atoms with E-state index in [0.717, 1.165) is 24.9 Å². The van der Waals surface area contributed by atoms with Gasteiger partial charge in [0.1, 0.15) is 0 Å². The van der Waals surface area contributed by atoms with Crippen molar-refractivity contribution in [2.75, 3.05) is 4.90 Å². The van der Waals surface area contributed by atoms with Crippen LogP contribution in [0.4, 0.5) is 17.3 Å². The van der Waals surface area contributed by atoms with Gasteiger partial charge in [-0.15, -0.1) is 0 Å². The highest BCUT2D eigenvalue weighted by molar-refractivity contribution is 6.11. The second-order valence-corrected chi connectivity index (χ2v) is 12.6. The van der Waals surface area contributed by atoms with E-state index in [2.05, 4.69) is 141 Å². The lowest BCUT2D eigenvalue weighted by Crippen LogP contribution is -2.37. The number of fused-ring (bicyclic) bond motifs is 6. The molecule has 0 fully saturated rings. The SMILES string of the molecule is C1=CCCC(C2=c3c(c4ccc(N(c5cnccn5)c5cnccn5)cc4c4ccccc34)=C(c3ccccc3)C(c3ccccc3)C2)=C1. The van der Waals surface area contributed by atoms with Crippen LogP contribution in [0, 0.1) is 0 Å². The molecule has 49 heavy (non-hydrogen) atoms. The van der Waals surface area contributed by atoms with Gasteiger partial charge in [-0.25, -0.2) is 9.97 Å². The largest absolute Gasteiger partial charge is 0.276 e. The molecule has 0 radical (unpaired) electrons. The molecule has 1 unspecified atom stereocenters. The van der Waals surface area contributed by atoms with Crippen LogP contribution < -0.4 is 15.3 Å². The minimum absolute atomic E-state index is 0.192. The minimum Gasteiger partial charge on any atom is -0.276 e. The summed E-state index contributed by atoms with van der Waals surface area (Å²) in [7, 11) is 0. The average Bonchev–Trinajstić information content (AvgIpc) is 3.19. The van der Waals surface area contributed by atoms with E-state index >= 15 is 0 Å².